The Morgan fingerprint density at radius 3 is 2.46 bits per heavy atom. The van der Waals surface area contributed by atoms with Crippen LogP contribution in [0.5, 0.6) is 0 Å². The Morgan fingerprint density at radius 2 is 1.69 bits per heavy atom. The number of amides is 3. The van der Waals surface area contributed by atoms with Crippen molar-refractivity contribution in [2.75, 3.05) is 18.8 Å². The van der Waals surface area contributed by atoms with Crippen LogP contribution in [0.3, 0.4) is 0 Å². The number of benzene rings is 2. The van der Waals surface area contributed by atoms with Gasteiger partial charge in [-0.15, -0.1) is 0 Å². The number of rotatable bonds is 7. The van der Waals surface area contributed by atoms with Gasteiger partial charge in [-0.2, -0.15) is 0 Å². The van der Waals surface area contributed by atoms with E-state index >= 15 is 0 Å². The van der Waals surface area contributed by atoms with Crippen molar-refractivity contribution in [3.05, 3.63) is 72.8 Å². The summed E-state index contributed by atoms with van der Waals surface area (Å²) < 4.78 is 7.42. The van der Waals surface area contributed by atoms with E-state index in [4.69, 9.17) is 10.5 Å². The molecule has 4 aromatic rings. The predicted molar refractivity (Wildman–Crippen MR) is 140 cm³/mol. The normalized spacial score (nSPS) is 23.3. The molecule has 4 heterocycles. The Kier molecular flexibility index (Phi) is 6.43. The fourth-order valence-corrected chi connectivity index (χ4v) is 5.10. The fourth-order valence-electron chi connectivity index (χ4n) is 5.10. The molecule has 4 atom stereocenters. The highest BCUT2D eigenvalue weighted by atomic mass is 16.6. The van der Waals surface area contributed by atoms with Gasteiger partial charge in [-0.05, 0) is 23.1 Å². The van der Waals surface area contributed by atoms with E-state index in [2.05, 4.69) is 15.0 Å². The van der Waals surface area contributed by atoms with Crippen molar-refractivity contribution in [2.24, 2.45) is 0 Å². The van der Waals surface area contributed by atoms with Gasteiger partial charge in [0.1, 0.15) is 30.6 Å². The van der Waals surface area contributed by atoms with E-state index in [9.17, 15) is 19.8 Å². The third-order valence-corrected chi connectivity index (χ3v) is 7.20. The van der Waals surface area contributed by atoms with Crippen LogP contribution in [0.1, 0.15) is 18.2 Å². The zero-order valence-electron chi connectivity index (χ0n) is 20.9. The molecule has 0 bridgehead atoms. The van der Waals surface area contributed by atoms with E-state index in [0.717, 1.165) is 21.6 Å². The first-order chi connectivity index (χ1) is 18.9. The van der Waals surface area contributed by atoms with Gasteiger partial charge in [-0.1, -0.05) is 54.6 Å². The maximum Gasteiger partial charge on any atom is 0.327 e. The number of imide groups is 1. The SMILES string of the molecule is Nc1ncnc2c1ncn2[C@@H]1O[C@H](CCN2C(=O)CN(Cc3ccc(-c4ccccc4)cc3)C2=O)[C@@H](O)C1O. The summed E-state index contributed by atoms with van der Waals surface area (Å²) in [5.74, 6) is -0.135. The number of hydrogen-bond donors (Lipinski definition) is 3. The van der Waals surface area contributed by atoms with Crippen molar-refractivity contribution in [1.82, 2.24) is 29.3 Å². The summed E-state index contributed by atoms with van der Waals surface area (Å²) >= 11 is 0. The van der Waals surface area contributed by atoms with Gasteiger partial charge in [0.2, 0.25) is 5.91 Å². The molecule has 2 aliphatic rings. The zero-order chi connectivity index (χ0) is 27.1. The molecular weight excluding hydrogens is 502 g/mol. The quantitative estimate of drug-likeness (QED) is 0.302. The van der Waals surface area contributed by atoms with Gasteiger partial charge in [-0.25, -0.2) is 19.7 Å². The minimum Gasteiger partial charge on any atom is -0.388 e. The monoisotopic (exact) mass is 529 g/mol. The number of aliphatic hydroxyl groups is 2. The number of aromatic nitrogens is 4. The summed E-state index contributed by atoms with van der Waals surface area (Å²) in [6.45, 7) is 0.320. The number of carbonyl (C=O) groups excluding carboxylic acids is 2. The Labute approximate surface area is 223 Å². The smallest absolute Gasteiger partial charge is 0.327 e. The summed E-state index contributed by atoms with van der Waals surface area (Å²) in [5, 5.41) is 21.3. The highest BCUT2D eigenvalue weighted by molar-refractivity contribution is 6.01. The first-order valence-corrected chi connectivity index (χ1v) is 12.6. The summed E-state index contributed by atoms with van der Waals surface area (Å²) in [6, 6.07) is 17.5. The van der Waals surface area contributed by atoms with Crippen molar-refractivity contribution < 1.29 is 24.5 Å². The predicted octanol–water partition coefficient (Wildman–Crippen LogP) is 1.55. The second-order valence-corrected chi connectivity index (χ2v) is 9.66. The Morgan fingerprint density at radius 1 is 0.949 bits per heavy atom. The Hall–Kier alpha value is -4.39. The van der Waals surface area contributed by atoms with Gasteiger partial charge < -0.3 is 25.6 Å². The van der Waals surface area contributed by atoms with Crippen LogP contribution in [-0.2, 0) is 16.1 Å². The maximum atomic E-state index is 13.0. The van der Waals surface area contributed by atoms with Crippen LogP contribution in [0.4, 0.5) is 10.6 Å². The summed E-state index contributed by atoms with van der Waals surface area (Å²) in [6.07, 6.45) is -1.46. The molecule has 39 heavy (non-hydrogen) atoms. The molecule has 3 amide bonds. The van der Waals surface area contributed by atoms with Crippen LogP contribution in [0.25, 0.3) is 22.3 Å². The molecule has 12 nitrogen and oxygen atoms in total. The highest BCUT2D eigenvalue weighted by Gasteiger charge is 2.45. The standard InChI is InChI=1S/C27H27N7O5/c28-24-21-25(30-14-29-24)34(15-31-21)26-23(37)22(36)19(39-26)10-11-33-20(35)13-32(27(33)38)12-16-6-8-18(9-7-16)17-4-2-1-3-5-17/h1-9,14-15,19,22-23,26,36-37H,10-13H2,(H2,28,29,30)/t19-,22-,23?,26-/m1/s1. The molecule has 2 saturated heterocycles. The molecule has 200 valence electrons. The summed E-state index contributed by atoms with van der Waals surface area (Å²) in [4.78, 5) is 40.6. The van der Waals surface area contributed by atoms with Gasteiger partial charge in [0.05, 0.1) is 12.4 Å². The van der Waals surface area contributed by atoms with E-state index in [0.29, 0.717) is 17.7 Å². The number of fused-ring (bicyclic) bond motifs is 1. The minimum atomic E-state index is -1.27. The lowest BCUT2D eigenvalue weighted by molar-refractivity contribution is -0.125. The zero-order valence-corrected chi connectivity index (χ0v) is 20.9. The number of ether oxygens (including phenoxy) is 1. The number of urea groups is 1. The molecule has 0 spiro atoms. The third kappa shape index (κ3) is 4.58. The maximum absolute atomic E-state index is 13.0. The van der Waals surface area contributed by atoms with Crippen LogP contribution in [0.15, 0.2) is 67.3 Å². The first kappa shape index (κ1) is 24.9. The molecule has 12 heteroatoms. The number of hydrogen-bond acceptors (Lipinski definition) is 9. The Balaban J connectivity index is 1.08. The lowest BCUT2D eigenvalue weighted by Gasteiger charge is -2.20. The molecule has 1 unspecified atom stereocenters. The van der Waals surface area contributed by atoms with Gasteiger partial charge in [-0.3, -0.25) is 14.3 Å². The van der Waals surface area contributed by atoms with Crippen molar-refractivity contribution >= 4 is 28.9 Å². The lowest BCUT2D eigenvalue weighted by atomic mass is 10.0. The summed E-state index contributed by atoms with van der Waals surface area (Å²) in [7, 11) is 0. The average molecular weight is 530 g/mol. The van der Waals surface area contributed by atoms with Crippen molar-refractivity contribution in [2.45, 2.75) is 37.5 Å². The molecule has 2 aromatic heterocycles. The van der Waals surface area contributed by atoms with Crippen LogP contribution < -0.4 is 5.73 Å². The molecular formula is C27H27N7O5. The van der Waals surface area contributed by atoms with Gasteiger partial charge >= 0.3 is 6.03 Å². The van der Waals surface area contributed by atoms with E-state index in [1.807, 2.05) is 54.6 Å². The molecule has 2 aliphatic heterocycles. The van der Waals surface area contributed by atoms with Gasteiger partial charge in [0, 0.05) is 13.1 Å². The molecule has 0 radical (unpaired) electrons. The fraction of sp³-hybridized carbons (Fsp3) is 0.296. The van der Waals surface area contributed by atoms with Crippen LogP contribution >= 0.6 is 0 Å². The number of nitrogens with zero attached hydrogens (tertiary/aromatic N) is 6. The molecule has 2 aromatic carbocycles. The topological polar surface area (TPSA) is 160 Å². The largest absolute Gasteiger partial charge is 0.388 e. The highest BCUT2D eigenvalue weighted by Crippen LogP contribution is 2.33. The molecule has 4 N–H and O–H groups in total. The molecule has 0 saturated carbocycles. The van der Waals surface area contributed by atoms with Gasteiger partial charge in [0.15, 0.2) is 17.7 Å². The Bertz CT molecular complexity index is 1510. The second-order valence-electron chi connectivity index (χ2n) is 9.66. The van der Waals surface area contributed by atoms with Crippen molar-refractivity contribution in [3.63, 3.8) is 0 Å². The van der Waals surface area contributed by atoms with Crippen molar-refractivity contribution in [3.8, 4) is 11.1 Å². The van der Waals surface area contributed by atoms with Crippen LogP contribution in [-0.4, -0.2) is 82.9 Å². The lowest BCUT2D eigenvalue weighted by Crippen LogP contribution is -2.37. The molecule has 2 fully saturated rings. The number of carbonyl (C=O) groups is 2. The van der Waals surface area contributed by atoms with E-state index in [1.165, 1.54) is 22.1 Å². The number of imidazole rings is 1. The van der Waals surface area contributed by atoms with Crippen LogP contribution in [0, 0.1) is 0 Å². The number of anilines is 1. The molecule has 0 aliphatic carbocycles. The minimum absolute atomic E-state index is 0.0270. The molecule has 6 rings (SSSR count). The van der Waals surface area contributed by atoms with Crippen molar-refractivity contribution in [1.29, 1.82) is 0 Å². The first-order valence-electron chi connectivity index (χ1n) is 12.6. The number of nitrogens with two attached hydrogens (primary N) is 1. The number of aliphatic hydroxyl groups excluding tert-OH is 2. The third-order valence-electron chi connectivity index (χ3n) is 7.20. The average Bonchev–Trinajstić information content (AvgIpc) is 3.58. The summed E-state index contributed by atoms with van der Waals surface area (Å²) in [5.41, 5.74) is 9.64. The van der Waals surface area contributed by atoms with E-state index < -0.39 is 30.6 Å². The van der Waals surface area contributed by atoms with Gasteiger partial charge in [0.25, 0.3) is 0 Å². The van der Waals surface area contributed by atoms with E-state index in [1.54, 1.807) is 0 Å². The number of nitrogen functional groups attached to an aromatic ring is 1. The van der Waals surface area contributed by atoms with Crippen LogP contribution in [0.2, 0.25) is 0 Å². The van der Waals surface area contributed by atoms with E-state index in [-0.39, 0.29) is 31.2 Å². The second kappa shape index (κ2) is 10.1.